The zero-order chi connectivity index (χ0) is 26.8. The highest BCUT2D eigenvalue weighted by molar-refractivity contribution is 5.75. The van der Waals surface area contributed by atoms with Crippen LogP contribution in [-0.2, 0) is 13.5 Å². The quantitative estimate of drug-likeness (QED) is 0.460. The number of nitrogens with zero attached hydrogens (tertiary/aromatic N) is 4. The fourth-order valence-corrected chi connectivity index (χ4v) is 5.91. The third-order valence-corrected chi connectivity index (χ3v) is 7.95. The van der Waals surface area contributed by atoms with Gasteiger partial charge < -0.3 is 31.5 Å². The minimum absolute atomic E-state index is 0.0199. The van der Waals surface area contributed by atoms with Gasteiger partial charge in [-0.05, 0) is 62.0 Å². The highest BCUT2D eigenvalue weighted by Crippen LogP contribution is 2.40. The van der Waals surface area contributed by atoms with Crippen LogP contribution in [0.5, 0.6) is 0 Å². The maximum Gasteiger partial charge on any atom is 0.317 e. The monoisotopic (exact) mass is 528 g/mol. The molecule has 5 N–H and O–H groups in total. The van der Waals surface area contributed by atoms with Gasteiger partial charge in [-0.3, -0.25) is 4.68 Å². The van der Waals surface area contributed by atoms with Gasteiger partial charge in [0.25, 0.3) is 6.43 Å². The van der Waals surface area contributed by atoms with Crippen molar-refractivity contribution in [3.8, 4) is 11.1 Å². The number of nitrogens with one attached hydrogen (secondary N) is 3. The molecule has 206 valence electrons. The van der Waals surface area contributed by atoms with E-state index in [1.807, 2.05) is 11.0 Å². The van der Waals surface area contributed by atoms with Crippen molar-refractivity contribution in [2.45, 2.75) is 50.7 Å². The van der Waals surface area contributed by atoms with E-state index in [9.17, 15) is 13.6 Å². The van der Waals surface area contributed by atoms with Gasteiger partial charge in [0.05, 0.1) is 6.20 Å². The van der Waals surface area contributed by atoms with E-state index >= 15 is 0 Å². The zero-order valence-electron chi connectivity index (χ0n) is 22.1. The lowest BCUT2D eigenvalue weighted by Crippen LogP contribution is -2.53. The molecular weight excluding hydrogens is 490 g/mol. The number of aryl methyl sites for hydroxylation is 2. The van der Waals surface area contributed by atoms with Gasteiger partial charge in [0.1, 0.15) is 6.17 Å². The van der Waals surface area contributed by atoms with E-state index in [4.69, 9.17) is 5.73 Å². The van der Waals surface area contributed by atoms with E-state index in [1.54, 1.807) is 42.1 Å². The lowest BCUT2D eigenvalue weighted by Gasteiger charge is -2.42. The van der Waals surface area contributed by atoms with Crippen molar-refractivity contribution in [2.75, 3.05) is 44.7 Å². The highest BCUT2D eigenvalue weighted by Gasteiger charge is 2.33. The SMILES string of the molecule is CNC(=O)N1CCC(NC2CCNCC2)=C(C(N)N2CCCc3cc(-c4cnn(C)c4)c(C(F)F)cc32)C1. The Labute approximate surface area is 222 Å². The number of piperidine rings is 1. The van der Waals surface area contributed by atoms with Crippen LogP contribution in [-0.4, -0.2) is 72.7 Å². The predicted octanol–water partition coefficient (Wildman–Crippen LogP) is 2.70. The molecule has 3 aliphatic heterocycles. The van der Waals surface area contributed by atoms with Crippen LogP contribution in [0.3, 0.4) is 0 Å². The van der Waals surface area contributed by atoms with Gasteiger partial charge in [-0.15, -0.1) is 0 Å². The first-order valence-corrected chi connectivity index (χ1v) is 13.5. The average molecular weight is 529 g/mol. The number of carbonyl (C=O) groups is 1. The molecule has 5 rings (SSSR count). The van der Waals surface area contributed by atoms with E-state index in [2.05, 4.69) is 21.0 Å². The maximum atomic E-state index is 14.3. The van der Waals surface area contributed by atoms with Crippen LogP contribution >= 0.6 is 0 Å². The smallest absolute Gasteiger partial charge is 0.317 e. The summed E-state index contributed by atoms with van der Waals surface area (Å²) in [5.74, 6) is 0. The van der Waals surface area contributed by atoms with Gasteiger partial charge in [0.2, 0.25) is 0 Å². The molecule has 3 aliphatic rings. The van der Waals surface area contributed by atoms with Crippen LogP contribution in [0.1, 0.15) is 43.2 Å². The number of fused-ring (bicyclic) bond motifs is 1. The van der Waals surface area contributed by atoms with Gasteiger partial charge >= 0.3 is 6.03 Å². The highest BCUT2D eigenvalue weighted by atomic mass is 19.3. The van der Waals surface area contributed by atoms with E-state index < -0.39 is 12.6 Å². The molecule has 11 heteroatoms. The number of urea groups is 1. The van der Waals surface area contributed by atoms with E-state index in [0.29, 0.717) is 43.2 Å². The Morgan fingerprint density at radius 2 is 2.00 bits per heavy atom. The molecule has 4 heterocycles. The third-order valence-electron chi connectivity index (χ3n) is 7.95. The van der Waals surface area contributed by atoms with Gasteiger partial charge in [-0.25, -0.2) is 13.6 Å². The Hall–Kier alpha value is -3.18. The summed E-state index contributed by atoms with van der Waals surface area (Å²) in [5, 5.41) is 14.0. The molecule has 0 aliphatic carbocycles. The number of alkyl halides is 2. The molecule has 1 atom stereocenters. The Balaban J connectivity index is 1.51. The normalized spacial score (nSPS) is 19.5. The number of carbonyl (C=O) groups excluding carboxylic acids is 1. The molecule has 38 heavy (non-hydrogen) atoms. The molecule has 0 spiro atoms. The first kappa shape index (κ1) is 26.4. The van der Waals surface area contributed by atoms with Crippen molar-refractivity contribution < 1.29 is 13.6 Å². The zero-order valence-corrected chi connectivity index (χ0v) is 22.1. The number of nitrogens with two attached hydrogens (primary N) is 1. The molecule has 1 aromatic heterocycles. The van der Waals surface area contributed by atoms with Crippen LogP contribution in [0.25, 0.3) is 11.1 Å². The minimum Gasteiger partial charge on any atom is -0.385 e. The van der Waals surface area contributed by atoms with E-state index in [0.717, 1.165) is 61.3 Å². The predicted molar refractivity (Wildman–Crippen MR) is 144 cm³/mol. The topological polar surface area (TPSA) is 103 Å². The summed E-state index contributed by atoms with van der Waals surface area (Å²) >= 11 is 0. The van der Waals surface area contributed by atoms with Crippen molar-refractivity contribution in [1.29, 1.82) is 0 Å². The largest absolute Gasteiger partial charge is 0.385 e. The van der Waals surface area contributed by atoms with E-state index in [-0.39, 0.29) is 11.6 Å². The van der Waals surface area contributed by atoms with Crippen LogP contribution in [0.15, 0.2) is 35.8 Å². The summed E-state index contributed by atoms with van der Waals surface area (Å²) in [6.07, 6.45) is 4.59. The van der Waals surface area contributed by atoms with Crippen LogP contribution in [0.4, 0.5) is 19.3 Å². The summed E-state index contributed by atoms with van der Waals surface area (Å²) in [6, 6.07) is 3.70. The fraction of sp³-hybridized carbons (Fsp3) is 0.556. The lowest BCUT2D eigenvalue weighted by molar-refractivity contribution is 0.152. The molecule has 0 saturated carbocycles. The number of benzene rings is 1. The van der Waals surface area contributed by atoms with Crippen molar-refractivity contribution >= 4 is 11.7 Å². The van der Waals surface area contributed by atoms with E-state index in [1.165, 1.54) is 0 Å². The van der Waals surface area contributed by atoms with Crippen LogP contribution in [0, 0.1) is 0 Å². The molecule has 0 radical (unpaired) electrons. The number of aromatic nitrogens is 2. The maximum absolute atomic E-state index is 14.3. The number of rotatable bonds is 6. The first-order valence-electron chi connectivity index (χ1n) is 13.5. The van der Waals surface area contributed by atoms with Gasteiger partial charge in [-0.2, -0.15) is 5.10 Å². The molecule has 9 nitrogen and oxygen atoms in total. The van der Waals surface area contributed by atoms with Crippen LogP contribution < -0.4 is 26.6 Å². The number of halogens is 2. The van der Waals surface area contributed by atoms with Crippen molar-refractivity contribution in [2.24, 2.45) is 12.8 Å². The molecule has 1 unspecified atom stereocenters. The summed E-state index contributed by atoms with van der Waals surface area (Å²) < 4.78 is 30.3. The number of anilines is 1. The Kier molecular flexibility index (Phi) is 7.85. The van der Waals surface area contributed by atoms with Gasteiger partial charge in [0.15, 0.2) is 0 Å². The number of amides is 2. The third kappa shape index (κ3) is 5.35. The van der Waals surface area contributed by atoms with Crippen molar-refractivity contribution in [3.05, 3.63) is 46.9 Å². The second-order valence-corrected chi connectivity index (χ2v) is 10.4. The second kappa shape index (κ2) is 11.3. The average Bonchev–Trinajstić information content (AvgIpc) is 3.38. The Morgan fingerprint density at radius 1 is 1.21 bits per heavy atom. The first-order chi connectivity index (χ1) is 18.4. The molecule has 1 aromatic carbocycles. The van der Waals surface area contributed by atoms with Crippen LogP contribution in [0.2, 0.25) is 0 Å². The van der Waals surface area contributed by atoms with Gasteiger partial charge in [-0.1, -0.05) is 0 Å². The van der Waals surface area contributed by atoms with Gasteiger partial charge in [0, 0.05) is 80.5 Å². The molecule has 2 amide bonds. The molecule has 1 fully saturated rings. The molecule has 0 bridgehead atoms. The summed E-state index contributed by atoms with van der Waals surface area (Å²) in [4.78, 5) is 16.3. The molecule has 1 saturated heterocycles. The minimum atomic E-state index is -2.63. The fourth-order valence-electron chi connectivity index (χ4n) is 5.91. The lowest BCUT2D eigenvalue weighted by atomic mass is 9.91. The standard InChI is InChI=1S/C27H38F2N8O/c1-31-27(38)36-11-7-23(34-19-5-8-32-9-6-19)22(16-36)26(30)37-10-3-4-17-12-20(18-14-33-35(2)15-18)21(25(28)29)13-24(17)37/h12-15,19,25-26,32,34H,3-11,16,30H2,1-2H3,(H,31,38). The second-order valence-electron chi connectivity index (χ2n) is 10.4. The Bertz CT molecular complexity index is 1190. The molecular formula is C27H38F2N8O. The van der Waals surface area contributed by atoms with Crippen molar-refractivity contribution in [1.82, 2.24) is 30.6 Å². The van der Waals surface area contributed by atoms with Crippen molar-refractivity contribution in [3.63, 3.8) is 0 Å². The summed E-state index contributed by atoms with van der Waals surface area (Å²) in [6.45, 7) is 3.59. The summed E-state index contributed by atoms with van der Waals surface area (Å²) in [7, 11) is 3.40. The summed E-state index contributed by atoms with van der Waals surface area (Å²) in [5.41, 5.74) is 11.9. The number of hydrogen-bond acceptors (Lipinski definition) is 6. The Morgan fingerprint density at radius 3 is 2.68 bits per heavy atom. The molecule has 2 aromatic rings. The number of hydrogen-bond donors (Lipinski definition) is 4.